The van der Waals surface area contributed by atoms with Gasteiger partial charge in [0.05, 0.1) is 30.1 Å². The number of rotatable bonds is 9. The van der Waals surface area contributed by atoms with E-state index in [0.717, 1.165) is 11.1 Å². The van der Waals surface area contributed by atoms with Crippen molar-refractivity contribution in [2.75, 3.05) is 11.9 Å². The number of hydrogen-bond acceptors (Lipinski definition) is 5. The number of aliphatic hydroxyl groups excluding tert-OH is 1. The van der Waals surface area contributed by atoms with E-state index < -0.39 is 35.1 Å². The highest BCUT2D eigenvalue weighted by Crippen LogP contribution is 2.65. The number of carbonyl (C=O) groups excluding carboxylic acids is 3. The Kier molecular flexibility index (Phi) is 7.37. The van der Waals surface area contributed by atoms with Crippen LogP contribution in [0.5, 0.6) is 0 Å². The number of amides is 3. The summed E-state index contributed by atoms with van der Waals surface area (Å²) in [6.45, 7) is 3.86. The molecule has 3 aliphatic rings. The molecule has 42 heavy (non-hydrogen) atoms. The lowest BCUT2D eigenvalue weighted by molar-refractivity contribution is -0.149. The lowest BCUT2D eigenvalue weighted by Gasteiger charge is -2.37. The molecule has 3 fully saturated rings. The summed E-state index contributed by atoms with van der Waals surface area (Å²) in [6.07, 6.45) is 0.820. The van der Waals surface area contributed by atoms with Crippen LogP contribution in [0.15, 0.2) is 91.0 Å². The Morgan fingerprint density at radius 3 is 2.17 bits per heavy atom. The van der Waals surface area contributed by atoms with Crippen molar-refractivity contribution in [2.45, 2.75) is 56.5 Å². The molecule has 0 aromatic heterocycles. The molecule has 8 heteroatoms. The number of aliphatic hydroxyl groups is 1. The average Bonchev–Trinajstić information content (AvgIpc) is 3.52. The molecule has 7 atom stereocenters. The number of para-hydroxylation sites is 1. The van der Waals surface area contributed by atoms with Crippen LogP contribution in [0.3, 0.4) is 0 Å². The van der Waals surface area contributed by atoms with E-state index in [1.807, 2.05) is 92.7 Å². The van der Waals surface area contributed by atoms with Gasteiger partial charge in [0.2, 0.25) is 17.7 Å². The van der Waals surface area contributed by atoms with E-state index in [4.69, 9.17) is 4.74 Å². The van der Waals surface area contributed by atoms with Gasteiger partial charge in [-0.15, -0.1) is 0 Å². The Bertz CT molecular complexity index is 1450. The van der Waals surface area contributed by atoms with E-state index >= 15 is 0 Å². The molecule has 0 aliphatic carbocycles. The molecule has 6 rings (SSSR count). The first-order chi connectivity index (χ1) is 20.3. The van der Waals surface area contributed by atoms with E-state index in [0.29, 0.717) is 18.5 Å². The van der Waals surface area contributed by atoms with Crippen LogP contribution in [0.25, 0.3) is 0 Å². The number of ether oxygens (including phenoxy) is 1. The zero-order valence-corrected chi connectivity index (χ0v) is 23.9. The van der Waals surface area contributed by atoms with Crippen LogP contribution >= 0.6 is 0 Å². The zero-order valence-electron chi connectivity index (χ0n) is 23.9. The summed E-state index contributed by atoms with van der Waals surface area (Å²) in [7, 11) is 0. The van der Waals surface area contributed by atoms with Crippen molar-refractivity contribution in [3.63, 3.8) is 0 Å². The quantitative estimate of drug-likeness (QED) is 0.367. The maximum Gasteiger partial charge on any atom is 0.246 e. The molecule has 3 heterocycles. The van der Waals surface area contributed by atoms with Gasteiger partial charge in [-0.2, -0.15) is 0 Å². The Balaban J connectivity index is 1.39. The van der Waals surface area contributed by atoms with Crippen LogP contribution in [0.2, 0.25) is 0 Å². The second kappa shape index (κ2) is 11.0. The first kappa shape index (κ1) is 28.1. The fourth-order valence-corrected chi connectivity index (χ4v) is 7.53. The van der Waals surface area contributed by atoms with Crippen molar-refractivity contribution in [1.29, 1.82) is 0 Å². The van der Waals surface area contributed by atoms with Crippen LogP contribution in [-0.4, -0.2) is 57.6 Å². The Morgan fingerprint density at radius 2 is 1.55 bits per heavy atom. The molecule has 3 aliphatic heterocycles. The summed E-state index contributed by atoms with van der Waals surface area (Å²) in [5.41, 5.74) is 0.362. The van der Waals surface area contributed by atoms with Gasteiger partial charge < -0.3 is 25.4 Å². The van der Waals surface area contributed by atoms with Gasteiger partial charge in [-0.25, -0.2) is 0 Å². The molecular formula is C34H37N3O5. The predicted molar refractivity (Wildman–Crippen MR) is 158 cm³/mol. The summed E-state index contributed by atoms with van der Waals surface area (Å²) >= 11 is 0. The Morgan fingerprint density at radius 1 is 0.952 bits per heavy atom. The number of benzene rings is 3. The summed E-state index contributed by atoms with van der Waals surface area (Å²) in [5, 5.41) is 16.7. The van der Waals surface area contributed by atoms with E-state index in [1.54, 1.807) is 12.1 Å². The summed E-state index contributed by atoms with van der Waals surface area (Å²) < 4.78 is 6.82. The Hall–Kier alpha value is -4.01. The molecule has 2 bridgehead atoms. The minimum Gasteiger partial charge on any atom is -0.394 e. The molecular weight excluding hydrogens is 530 g/mol. The Labute approximate surface area is 246 Å². The standard InChI is InChI=1S/C34H37N3O5/c1-22-19-34-28(27(33(22,2)42-34)30(39)36-25-16-10-5-11-17-25)32(41)37(26(21-38)18-23-12-6-3-7-13-23)29(34)31(40)35-20-24-14-8-4-9-15-24/h3-17,22,26-29,38H,18-21H2,1-2H3,(H,35,40)(H,36,39)/t22?,26-,27-,28+,29?,33+,34?/m1/s1. The van der Waals surface area contributed by atoms with Crippen molar-refractivity contribution in [2.24, 2.45) is 17.8 Å². The van der Waals surface area contributed by atoms with Gasteiger partial charge in [0, 0.05) is 12.2 Å². The normalized spacial score (nSPS) is 30.2. The molecule has 3 saturated heterocycles. The highest BCUT2D eigenvalue weighted by Gasteiger charge is 2.80. The van der Waals surface area contributed by atoms with Crippen LogP contribution in [-0.2, 0) is 32.1 Å². The first-order valence-corrected chi connectivity index (χ1v) is 14.6. The highest BCUT2D eigenvalue weighted by atomic mass is 16.5. The highest BCUT2D eigenvalue weighted by molar-refractivity contribution is 6.02. The largest absolute Gasteiger partial charge is 0.394 e. The molecule has 3 amide bonds. The smallest absolute Gasteiger partial charge is 0.246 e. The van der Waals surface area contributed by atoms with Gasteiger partial charge in [-0.05, 0) is 48.9 Å². The van der Waals surface area contributed by atoms with Gasteiger partial charge in [-0.1, -0.05) is 85.8 Å². The second-order valence-corrected chi connectivity index (χ2v) is 12.0. The van der Waals surface area contributed by atoms with Crippen molar-refractivity contribution in [1.82, 2.24) is 10.2 Å². The molecule has 3 aromatic carbocycles. The van der Waals surface area contributed by atoms with Crippen molar-refractivity contribution >= 4 is 23.4 Å². The van der Waals surface area contributed by atoms with Crippen LogP contribution in [0.4, 0.5) is 5.69 Å². The SMILES string of the molecule is CC1CC23O[C@]1(C)[C@@H](C(=O)Nc1ccccc1)[C@H]2C(=O)N([C@@H](CO)Cc1ccccc1)C3C(=O)NCc1ccccc1. The molecule has 3 unspecified atom stereocenters. The summed E-state index contributed by atoms with van der Waals surface area (Å²) in [5.74, 6) is -2.72. The molecule has 1 spiro atoms. The van der Waals surface area contributed by atoms with Crippen molar-refractivity contribution < 1.29 is 24.2 Å². The van der Waals surface area contributed by atoms with E-state index in [9.17, 15) is 19.5 Å². The van der Waals surface area contributed by atoms with Crippen LogP contribution in [0, 0.1) is 17.8 Å². The summed E-state index contributed by atoms with van der Waals surface area (Å²) in [4.78, 5) is 44.2. The maximum absolute atomic E-state index is 14.5. The minimum atomic E-state index is -1.20. The fraction of sp³-hybridized carbons (Fsp3) is 0.382. The fourth-order valence-electron chi connectivity index (χ4n) is 7.53. The van der Waals surface area contributed by atoms with Gasteiger partial charge in [0.1, 0.15) is 11.6 Å². The zero-order chi connectivity index (χ0) is 29.5. The lowest BCUT2D eigenvalue weighted by Crippen LogP contribution is -2.58. The van der Waals surface area contributed by atoms with E-state index in [1.165, 1.54) is 4.90 Å². The molecule has 0 radical (unpaired) electrons. The molecule has 0 saturated carbocycles. The maximum atomic E-state index is 14.5. The number of likely N-dealkylation sites (tertiary alicyclic amines) is 1. The summed E-state index contributed by atoms with van der Waals surface area (Å²) in [6, 6.07) is 26.7. The monoisotopic (exact) mass is 567 g/mol. The van der Waals surface area contributed by atoms with Crippen molar-refractivity contribution in [3.05, 3.63) is 102 Å². The van der Waals surface area contributed by atoms with Gasteiger partial charge in [-0.3, -0.25) is 14.4 Å². The second-order valence-electron chi connectivity index (χ2n) is 12.0. The predicted octanol–water partition coefficient (Wildman–Crippen LogP) is 3.56. The number of nitrogens with one attached hydrogen (secondary N) is 2. The molecule has 218 valence electrons. The molecule has 8 nitrogen and oxygen atoms in total. The van der Waals surface area contributed by atoms with Gasteiger partial charge in [0.25, 0.3) is 0 Å². The van der Waals surface area contributed by atoms with E-state index in [-0.39, 0.29) is 36.8 Å². The third kappa shape index (κ3) is 4.59. The first-order valence-electron chi connectivity index (χ1n) is 14.6. The third-order valence-corrected chi connectivity index (χ3v) is 9.55. The minimum absolute atomic E-state index is 0.0841. The average molecular weight is 568 g/mol. The number of hydrogen-bond donors (Lipinski definition) is 3. The molecule has 3 aromatic rings. The van der Waals surface area contributed by atoms with Gasteiger partial charge in [0.15, 0.2) is 0 Å². The van der Waals surface area contributed by atoms with E-state index in [2.05, 4.69) is 10.6 Å². The third-order valence-electron chi connectivity index (χ3n) is 9.55. The number of nitrogens with zero attached hydrogens (tertiary/aromatic N) is 1. The number of carbonyl (C=O) groups is 3. The number of anilines is 1. The van der Waals surface area contributed by atoms with Crippen LogP contribution in [0.1, 0.15) is 31.4 Å². The topological polar surface area (TPSA) is 108 Å². The van der Waals surface area contributed by atoms with Crippen LogP contribution < -0.4 is 10.6 Å². The van der Waals surface area contributed by atoms with Crippen molar-refractivity contribution in [3.8, 4) is 0 Å². The van der Waals surface area contributed by atoms with Gasteiger partial charge >= 0.3 is 0 Å². The lowest BCUT2D eigenvalue weighted by atomic mass is 9.62. The molecule has 3 N–H and O–H groups in total. The number of fused-ring (bicyclic) bond motifs is 1.